The minimum atomic E-state index is -0.661. The maximum absolute atomic E-state index is 12.4. The summed E-state index contributed by atoms with van der Waals surface area (Å²) in [4.78, 5) is 12.4. The first-order chi connectivity index (χ1) is 10.7. The number of aliphatic hydroxyl groups excluding tert-OH is 1. The Morgan fingerprint density at radius 2 is 2.09 bits per heavy atom. The molecule has 1 atom stereocenters. The van der Waals surface area contributed by atoms with Crippen molar-refractivity contribution in [2.75, 3.05) is 0 Å². The molecular formula is C19H22O4. The van der Waals surface area contributed by atoms with Crippen molar-refractivity contribution >= 4 is 11.0 Å². The highest BCUT2D eigenvalue weighted by atomic mass is 16.5. The predicted octanol–water partition coefficient (Wildman–Crippen LogP) is 3.33. The lowest BCUT2D eigenvalue weighted by Gasteiger charge is -2.37. The van der Waals surface area contributed by atoms with Crippen LogP contribution in [0.1, 0.15) is 38.8 Å². The summed E-state index contributed by atoms with van der Waals surface area (Å²) in [5, 5.41) is 11.1. The van der Waals surface area contributed by atoms with Crippen molar-refractivity contribution in [2.24, 2.45) is 0 Å². The summed E-state index contributed by atoms with van der Waals surface area (Å²) in [7, 11) is 0. The van der Waals surface area contributed by atoms with Gasteiger partial charge in [0.15, 0.2) is 0 Å². The summed E-state index contributed by atoms with van der Waals surface area (Å²) in [5.41, 5.74) is 0.293. The van der Waals surface area contributed by atoms with Crippen molar-refractivity contribution in [3.05, 3.63) is 52.4 Å². The van der Waals surface area contributed by atoms with E-state index in [1.807, 2.05) is 45.9 Å². The zero-order valence-electron chi connectivity index (χ0n) is 14.0. The molecular weight excluding hydrogens is 292 g/mol. The van der Waals surface area contributed by atoms with Crippen LogP contribution in [0.5, 0.6) is 5.75 Å². The van der Waals surface area contributed by atoms with E-state index in [1.165, 1.54) is 0 Å². The first-order valence-electron chi connectivity index (χ1n) is 7.76. The van der Waals surface area contributed by atoms with Crippen molar-refractivity contribution in [3.63, 3.8) is 0 Å². The Hall–Kier alpha value is -2.07. The summed E-state index contributed by atoms with van der Waals surface area (Å²) in [6.07, 6.45) is 1.47. The highest BCUT2D eigenvalue weighted by molar-refractivity contribution is 5.83. The van der Waals surface area contributed by atoms with E-state index in [0.717, 1.165) is 10.9 Å². The topological polar surface area (TPSA) is 59.7 Å². The molecule has 1 aromatic heterocycles. The molecule has 2 aromatic rings. The summed E-state index contributed by atoms with van der Waals surface area (Å²) < 4.78 is 11.5. The number of hydrogen-bond donors (Lipinski definition) is 1. The molecule has 0 fully saturated rings. The van der Waals surface area contributed by atoms with Crippen molar-refractivity contribution in [2.45, 2.75) is 51.2 Å². The van der Waals surface area contributed by atoms with E-state index >= 15 is 0 Å². The van der Waals surface area contributed by atoms with E-state index in [-0.39, 0.29) is 5.63 Å². The monoisotopic (exact) mass is 314 g/mol. The number of fused-ring (bicyclic) bond motifs is 3. The normalized spacial score (nSPS) is 20.0. The van der Waals surface area contributed by atoms with Crippen LogP contribution in [-0.4, -0.2) is 16.8 Å². The molecule has 0 saturated carbocycles. The molecule has 23 heavy (non-hydrogen) atoms. The van der Waals surface area contributed by atoms with Crippen LogP contribution in [0, 0.1) is 0 Å². The van der Waals surface area contributed by atoms with Crippen LogP contribution in [0.25, 0.3) is 11.0 Å². The van der Waals surface area contributed by atoms with Gasteiger partial charge < -0.3 is 14.3 Å². The quantitative estimate of drug-likeness (QED) is 0.682. The first kappa shape index (κ1) is 15.8. The molecule has 1 aliphatic heterocycles. The Kier molecular flexibility index (Phi) is 3.41. The van der Waals surface area contributed by atoms with Gasteiger partial charge in [0.2, 0.25) is 0 Å². The molecule has 4 heteroatoms. The van der Waals surface area contributed by atoms with E-state index in [4.69, 9.17) is 9.15 Å². The van der Waals surface area contributed by atoms with Gasteiger partial charge in [0, 0.05) is 28.3 Å². The number of aliphatic hydroxyl groups is 1. The average molecular weight is 314 g/mol. The summed E-state index contributed by atoms with van der Waals surface area (Å²) >= 11 is 0. The molecule has 1 N–H and O–H groups in total. The van der Waals surface area contributed by atoms with Crippen LogP contribution in [0.15, 0.2) is 40.1 Å². The van der Waals surface area contributed by atoms with Gasteiger partial charge in [-0.2, -0.15) is 0 Å². The molecule has 1 aromatic carbocycles. The Bertz CT molecular complexity index is 842. The van der Waals surface area contributed by atoms with Gasteiger partial charge in [0.25, 0.3) is 0 Å². The van der Waals surface area contributed by atoms with Crippen LogP contribution in [0.3, 0.4) is 0 Å². The third-order valence-electron chi connectivity index (χ3n) is 4.74. The van der Waals surface area contributed by atoms with Crippen LogP contribution in [0.2, 0.25) is 0 Å². The Labute approximate surface area is 135 Å². The highest BCUT2D eigenvalue weighted by Crippen LogP contribution is 2.38. The fraction of sp³-hybridized carbons (Fsp3) is 0.421. The molecule has 0 saturated heterocycles. The summed E-state index contributed by atoms with van der Waals surface area (Å²) in [6.45, 7) is 11.3. The van der Waals surface area contributed by atoms with E-state index < -0.39 is 17.1 Å². The molecule has 0 amide bonds. The molecule has 1 aliphatic rings. The van der Waals surface area contributed by atoms with Gasteiger partial charge in [-0.25, -0.2) is 4.79 Å². The number of ether oxygens (including phenoxy) is 1. The third kappa shape index (κ3) is 2.47. The molecule has 0 radical (unpaired) electrons. The van der Waals surface area contributed by atoms with Gasteiger partial charge in [-0.1, -0.05) is 19.9 Å². The Balaban J connectivity index is 2.24. The van der Waals surface area contributed by atoms with Gasteiger partial charge in [-0.15, -0.1) is 6.58 Å². The minimum absolute atomic E-state index is 0.380. The van der Waals surface area contributed by atoms with Crippen LogP contribution in [-0.2, 0) is 11.8 Å². The largest absolute Gasteiger partial charge is 0.485 e. The molecule has 0 unspecified atom stereocenters. The zero-order valence-corrected chi connectivity index (χ0v) is 14.0. The number of hydrogen-bond acceptors (Lipinski definition) is 4. The lowest BCUT2D eigenvalue weighted by atomic mass is 9.85. The van der Waals surface area contributed by atoms with Gasteiger partial charge in [0.05, 0.1) is 6.10 Å². The van der Waals surface area contributed by atoms with Crippen molar-refractivity contribution in [3.8, 4) is 5.75 Å². The highest BCUT2D eigenvalue weighted by Gasteiger charge is 2.37. The van der Waals surface area contributed by atoms with Gasteiger partial charge >= 0.3 is 5.63 Å². The number of allylic oxidation sites excluding steroid dienone is 1. The molecule has 2 heterocycles. The fourth-order valence-electron chi connectivity index (χ4n) is 2.86. The maximum Gasteiger partial charge on any atom is 0.340 e. The lowest BCUT2D eigenvalue weighted by molar-refractivity contribution is -0.0409. The lowest BCUT2D eigenvalue weighted by Crippen LogP contribution is -2.46. The van der Waals surface area contributed by atoms with E-state index in [9.17, 15) is 9.90 Å². The Morgan fingerprint density at radius 1 is 1.39 bits per heavy atom. The second-order valence-corrected chi connectivity index (χ2v) is 7.26. The van der Waals surface area contributed by atoms with Crippen LogP contribution < -0.4 is 10.4 Å². The SMILES string of the molecule is C=CC(C)(C)c1cc2ccc3c(c2oc1=O)C[C@H](O)C(C)(C)O3. The van der Waals surface area contributed by atoms with Gasteiger partial charge in [-0.05, 0) is 32.0 Å². The molecule has 4 nitrogen and oxygen atoms in total. The Morgan fingerprint density at radius 3 is 2.74 bits per heavy atom. The maximum atomic E-state index is 12.4. The standard InChI is InChI=1S/C19H22O4/c1-6-18(2,3)13-9-11-7-8-14-12(16(11)22-17(13)21)10-15(20)19(4,5)23-14/h6-9,15,20H,1,10H2,2-5H3/t15-/m0/s1. The van der Waals surface area contributed by atoms with Crippen LogP contribution in [0.4, 0.5) is 0 Å². The number of rotatable bonds is 2. The predicted molar refractivity (Wildman–Crippen MR) is 90.1 cm³/mol. The smallest absolute Gasteiger partial charge is 0.340 e. The molecule has 3 rings (SSSR count). The zero-order chi connectivity index (χ0) is 17.0. The van der Waals surface area contributed by atoms with Gasteiger partial charge in [-0.3, -0.25) is 0 Å². The van der Waals surface area contributed by atoms with Crippen molar-refractivity contribution < 1.29 is 14.3 Å². The summed E-state index contributed by atoms with van der Waals surface area (Å²) in [6, 6.07) is 5.60. The second kappa shape index (κ2) is 4.96. The molecule has 0 spiro atoms. The second-order valence-electron chi connectivity index (χ2n) is 7.26. The van der Waals surface area contributed by atoms with Crippen LogP contribution >= 0.6 is 0 Å². The van der Waals surface area contributed by atoms with Crippen molar-refractivity contribution in [1.82, 2.24) is 0 Å². The van der Waals surface area contributed by atoms with Crippen molar-refractivity contribution in [1.29, 1.82) is 0 Å². The molecule has 122 valence electrons. The third-order valence-corrected chi connectivity index (χ3v) is 4.74. The average Bonchev–Trinajstić information content (AvgIpc) is 2.47. The minimum Gasteiger partial charge on any atom is -0.485 e. The van der Waals surface area contributed by atoms with E-state index in [1.54, 1.807) is 6.08 Å². The first-order valence-corrected chi connectivity index (χ1v) is 7.76. The molecule has 0 aliphatic carbocycles. The number of benzene rings is 1. The molecule has 0 bridgehead atoms. The fourth-order valence-corrected chi connectivity index (χ4v) is 2.86. The van der Waals surface area contributed by atoms with E-state index in [2.05, 4.69) is 6.58 Å². The summed E-state index contributed by atoms with van der Waals surface area (Å²) in [5.74, 6) is 0.659. The van der Waals surface area contributed by atoms with Gasteiger partial charge in [0.1, 0.15) is 16.9 Å². The van der Waals surface area contributed by atoms with E-state index in [0.29, 0.717) is 23.3 Å².